The van der Waals surface area contributed by atoms with E-state index >= 15 is 0 Å². The molecule has 0 saturated heterocycles. The Morgan fingerprint density at radius 1 is 0.914 bits per heavy atom. The molecule has 1 unspecified atom stereocenters. The van der Waals surface area contributed by atoms with E-state index in [1.54, 1.807) is 7.05 Å². The zero-order valence-corrected chi connectivity index (χ0v) is 19.8. The van der Waals surface area contributed by atoms with Crippen molar-refractivity contribution in [3.8, 4) is 17.0 Å². The van der Waals surface area contributed by atoms with Crippen molar-refractivity contribution in [3.05, 3.63) is 108 Å². The SMILES string of the molecule is CN(CC(O)c1ccccc1)C(=O)Oc1cnc(N(C)Cc2ccccc2)nc1-c1ccccc1. The lowest BCUT2D eigenvalue weighted by molar-refractivity contribution is 0.112. The molecular formula is C28H28N4O3. The Hall–Kier alpha value is -4.23. The third-order valence-electron chi connectivity index (χ3n) is 5.53. The van der Waals surface area contributed by atoms with Gasteiger partial charge in [0, 0.05) is 26.2 Å². The monoisotopic (exact) mass is 468 g/mol. The normalized spacial score (nSPS) is 11.5. The molecule has 35 heavy (non-hydrogen) atoms. The first kappa shape index (κ1) is 23.9. The second-order valence-corrected chi connectivity index (χ2v) is 8.27. The molecule has 178 valence electrons. The van der Waals surface area contributed by atoms with E-state index in [9.17, 15) is 9.90 Å². The number of rotatable bonds is 8. The van der Waals surface area contributed by atoms with Crippen LogP contribution in [0.3, 0.4) is 0 Å². The summed E-state index contributed by atoms with van der Waals surface area (Å²) in [7, 11) is 3.50. The molecule has 1 amide bonds. The number of benzene rings is 3. The Morgan fingerprint density at radius 3 is 2.17 bits per heavy atom. The number of hydrogen-bond acceptors (Lipinski definition) is 6. The van der Waals surface area contributed by atoms with Crippen molar-refractivity contribution in [2.75, 3.05) is 25.5 Å². The van der Waals surface area contributed by atoms with E-state index in [4.69, 9.17) is 9.72 Å². The van der Waals surface area contributed by atoms with E-state index in [2.05, 4.69) is 4.98 Å². The van der Waals surface area contributed by atoms with Gasteiger partial charge >= 0.3 is 6.09 Å². The number of anilines is 1. The number of carbonyl (C=O) groups is 1. The Labute approximate surface area is 205 Å². The van der Waals surface area contributed by atoms with Crippen LogP contribution in [0.5, 0.6) is 5.75 Å². The van der Waals surface area contributed by atoms with Crippen LogP contribution in [-0.2, 0) is 6.54 Å². The molecule has 0 spiro atoms. The van der Waals surface area contributed by atoms with Crippen LogP contribution in [0.2, 0.25) is 0 Å². The summed E-state index contributed by atoms with van der Waals surface area (Å²) in [6.07, 6.45) is 0.0877. The minimum atomic E-state index is -0.826. The highest BCUT2D eigenvalue weighted by atomic mass is 16.6. The standard InChI is InChI=1S/C28H28N4O3/c1-31(19-21-12-6-3-7-13-21)27-29-18-25(26(30-27)23-16-10-5-11-17-23)35-28(34)32(2)20-24(33)22-14-8-4-9-15-22/h3-18,24,33H,19-20H2,1-2H3. The second-order valence-electron chi connectivity index (χ2n) is 8.27. The van der Waals surface area contributed by atoms with Gasteiger partial charge < -0.3 is 19.6 Å². The summed E-state index contributed by atoms with van der Waals surface area (Å²) in [6.45, 7) is 0.719. The van der Waals surface area contributed by atoms with Crippen LogP contribution in [0.4, 0.5) is 10.7 Å². The van der Waals surface area contributed by atoms with Crippen LogP contribution in [0.25, 0.3) is 11.3 Å². The smallest absolute Gasteiger partial charge is 0.406 e. The lowest BCUT2D eigenvalue weighted by Gasteiger charge is -2.22. The first-order chi connectivity index (χ1) is 17.0. The molecule has 4 rings (SSSR count). The molecule has 7 heteroatoms. The fraction of sp³-hybridized carbons (Fsp3) is 0.179. The summed E-state index contributed by atoms with van der Waals surface area (Å²) in [5.74, 6) is 0.763. The summed E-state index contributed by atoms with van der Waals surface area (Å²) in [6, 6.07) is 28.8. The zero-order valence-electron chi connectivity index (χ0n) is 19.8. The highest BCUT2D eigenvalue weighted by Gasteiger charge is 2.20. The fourth-order valence-electron chi connectivity index (χ4n) is 3.64. The van der Waals surface area contributed by atoms with Gasteiger partial charge in [-0.25, -0.2) is 14.8 Å². The molecule has 3 aromatic carbocycles. The maximum Gasteiger partial charge on any atom is 0.415 e. The Balaban J connectivity index is 1.54. The van der Waals surface area contributed by atoms with Crippen LogP contribution < -0.4 is 9.64 Å². The number of aliphatic hydroxyl groups excluding tert-OH is 1. The Bertz CT molecular complexity index is 1240. The Kier molecular flexibility index (Phi) is 7.70. The first-order valence-corrected chi connectivity index (χ1v) is 11.3. The van der Waals surface area contributed by atoms with E-state index in [1.807, 2.05) is 103 Å². The molecule has 0 aliphatic rings. The molecule has 1 N–H and O–H groups in total. The summed E-state index contributed by atoms with van der Waals surface area (Å²) >= 11 is 0. The van der Waals surface area contributed by atoms with Gasteiger partial charge in [0.1, 0.15) is 5.69 Å². The third-order valence-corrected chi connectivity index (χ3v) is 5.53. The number of aromatic nitrogens is 2. The minimum absolute atomic E-state index is 0.0856. The molecule has 0 fully saturated rings. The van der Waals surface area contributed by atoms with Gasteiger partial charge in [-0.2, -0.15) is 0 Å². The average molecular weight is 469 g/mol. The lowest BCUT2D eigenvalue weighted by atomic mass is 10.1. The van der Waals surface area contributed by atoms with Gasteiger partial charge in [0.15, 0.2) is 5.75 Å². The number of hydrogen-bond donors (Lipinski definition) is 1. The molecular weight excluding hydrogens is 440 g/mol. The van der Waals surface area contributed by atoms with E-state index in [0.717, 1.165) is 16.7 Å². The topological polar surface area (TPSA) is 78.8 Å². The van der Waals surface area contributed by atoms with Gasteiger partial charge in [0.25, 0.3) is 0 Å². The van der Waals surface area contributed by atoms with Gasteiger partial charge in [-0.1, -0.05) is 91.0 Å². The second kappa shape index (κ2) is 11.3. The third kappa shape index (κ3) is 6.22. The number of nitrogens with zero attached hydrogens (tertiary/aromatic N) is 4. The fourth-order valence-corrected chi connectivity index (χ4v) is 3.64. The van der Waals surface area contributed by atoms with Crippen molar-refractivity contribution in [3.63, 3.8) is 0 Å². The van der Waals surface area contributed by atoms with E-state index in [1.165, 1.54) is 11.1 Å². The van der Waals surface area contributed by atoms with Gasteiger partial charge in [0.2, 0.25) is 5.95 Å². The zero-order chi connectivity index (χ0) is 24.6. The Morgan fingerprint density at radius 2 is 1.51 bits per heavy atom. The summed E-state index contributed by atoms with van der Waals surface area (Å²) in [5.41, 5.74) is 3.18. The highest BCUT2D eigenvalue weighted by Crippen LogP contribution is 2.30. The molecule has 0 bridgehead atoms. The number of aliphatic hydroxyl groups is 1. The van der Waals surface area contributed by atoms with Gasteiger partial charge in [-0.05, 0) is 11.1 Å². The van der Waals surface area contributed by atoms with Crippen LogP contribution in [0.1, 0.15) is 17.2 Å². The lowest BCUT2D eigenvalue weighted by Crippen LogP contribution is -2.33. The van der Waals surface area contributed by atoms with E-state index < -0.39 is 12.2 Å². The predicted molar refractivity (Wildman–Crippen MR) is 136 cm³/mol. The number of likely N-dealkylation sites (N-methyl/N-ethyl adjacent to an activating group) is 1. The van der Waals surface area contributed by atoms with Gasteiger partial charge in [0.05, 0.1) is 18.8 Å². The van der Waals surface area contributed by atoms with Crippen LogP contribution in [-0.4, -0.2) is 46.7 Å². The summed E-state index contributed by atoms with van der Waals surface area (Å²) < 4.78 is 5.68. The number of carbonyl (C=O) groups excluding carboxylic acids is 1. The first-order valence-electron chi connectivity index (χ1n) is 11.3. The van der Waals surface area contributed by atoms with Crippen molar-refractivity contribution in [1.82, 2.24) is 14.9 Å². The van der Waals surface area contributed by atoms with Gasteiger partial charge in [-0.3, -0.25) is 0 Å². The van der Waals surface area contributed by atoms with Crippen molar-refractivity contribution in [2.45, 2.75) is 12.6 Å². The molecule has 0 aliphatic carbocycles. The van der Waals surface area contributed by atoms with E-state index in [0.29, 0.717) is 18.2 Å². The molecule has 1 aromatic heterocycles. The maximum absolute atomic E-state index is 12.8. The van der Waals surface area contributed by atoms with Crippen molar-refractivity contribution in [2.24, 2.45) is 0 Å². The summed E-state index contributed by atoms with van der Waals surface area (Å²) in [4.78, 5) is 25.3. The predicted octanol–water partition coefficient (Wildman–Crippen LogP) is 4.94. The van der Waals surface area contributed by atoms with Gasteiger partial charge in [-0.15, -0.1) is 0 Å². The van der Waals surface area contributed by atoms with Crippen LogP contribution in [0, 0.1) is 0 Å². The van der Waals surface area contributed by atoms with Crippen molar-refractivity contribution >= 4 is 12.0 Å². The van der Waals surface area contributed by atoms with E-state index in [-0.39, 0.29) is 12.3 Å². The van der Waals surface area contributed by atoms with Crippen LogP contribution >= 0.6 is 0 Å². The number of amides is 1. The number of ether oxygens (including phenoxy) is 1. The molecule has 7 nitrogen and oxygen atoms in total. The van der Waals surface area contributed by atoms with Crippen LogP contribution in [0.15, 0.2) is 97.2 Å². The average Bonchev–Trinajstić information content (AvgIpc) is 2.90. The summed E-state index contributed by atoms with van der Waals surface area (Å²) in [5, 5.41) is 10.5. The maximum atomic E-state index is 12.8. The molecule has 0 aliphatic heterocycles. The minimum Gasteiger partial charge on any atom is -0.406 e. The van der Waals surface area contributed by atoms with Crippen molar-refractivity contribution < 1.29 is 14.6 Å². The molecule has 4 aromatic rings. The molecule has 1 atom stereocenters. The highest BCUT2D eigenvalue weighted by molar-refractivity contribution is 5.75. The van der Waals surface area contributed by atoms with Crippen molar-refractivity contribution in [1.29, 1.82) is 0 Å². The largest absolute Gasteiger partial charge is 0.415 e. The molecule has 1 heterocycles. The quantitative estimate of drug-likeness (QED) is 0.394. The molecule has 0 saturated carbocycles. The molecule has 0 radical (unpaired) electrons.